The molecule has 1 aromatic heterocycles. The molecule has 0 saturated carbocycles. The molecule has 90 valence electrons. The Morgan fingerprint density at radius 3 is 2.59 bits per heavy atom. The van der Waals surface area contributed by atoms with Crippen molar-refractivity contribution in [3.63, 3.8) is 0 Å². The second-order valence-corrected chi connectivity index (χ2v) is 3.76. The van der Waals surface area contributed by atoms with Crippen LogP contribution >= 0.6 is 0 Å². The van der Waals surface area contributed by atoms with Gasteiger partial charge in [0.2, 0.25) is 0 Å². The van der Waals surface area contributed by atoms with E-state index in [4.69, 9.17) is 4.42 Å². The molecule has 0 aliphatic carbocycles. The van der Waals surface area contributed by atoms with E-state index in [0.717, 1.165) is 5.56 Å². The van der Waals surface area contributed by atoms with Gasteiger partial charge in [-0.2, -0.15) is 0 Å². The summed E-state index contributed by atoms with van der Waals surface area (Å²) in [6.07, 6.45) is 1.57. The molecule has 0 radical (unpaired) electrons. The fourth-order valence-corrected chi connectivity index (χ4v) is 1.59. The predicted octanol–water partition coefficient (Wildman–Crippen LogP) is 2.24. The van der Waals surface area contributed by atoms with Crippen molar-refractivity contribution in [1.29, 1.82) is 0 Å². The van der Waals surface area contributed by atoms with Crippen LogP contribution in [0, 0.1) is 5.82 Å². The maximum atomic E-state index is 12.7. The van der Waals surface area contributed by atoms with Crippen LogP contribution < -0.4 is 5.32 Å². The Hall–Kier alpha value is -1.65. The second kappa shape index (κ2) is 5.61. The summed E-state index contributed by atoms with van der Waals surface area (Å²) in [6.45, 7) is 0.501. The van der Waals surface area contributed by atoms with Gasteiger partial charge < -0.3 is 14.8 Å². The van der Waals surface area contributed by atoms with Crippen LogP contribution in [0.5, 0.6) is 0 Å². The van der Waals surface area contributed by atoms with E-state index in [9.17, 15) is 9.50 Å². The van der Waals surface area contributed by atoms with Crippen LogP contribution in [0.4, 0.5) is 4.39 Å². The maximum absolute atomic E-state index is 12.7. The lowest BCUT2D eigenvalue weighted by Crippen LogP contribution is -2.23. The normalized spacial score (nSPS) is 12.6. The summed E-state index contributed by atoms with van der Waals surface area (Å²) in [5.74, 6) is 0.438. The van der Waals surface area contributed by atoms with Gasteiger partial charge in [-0.05, 0) is 29.8 Å². The van der Waals surface area contributed by atoms with Crippen molar-refractivity contribution in [3.8, 4) is 0 Å². The summed E-state index contributed by atoms with van der Waals surface area (Å²) in [5, 5.41) is 12.4. The zero-order chi connectivity index (χ0) is 12.1. The van der Waals surface area contributed by atoms with Crippen LogP contribution in [0.25, 0.3) is 0 Å². The lowest BCUT2D eigenvalue weighted by atomic mass is 10.2. The quantitative estimate of drug-likeness (QED) is 0.835. The molecule has 1 atom stereocenters. The van der Waals surface area contributed by atoms with Crippen LogP contribution in [0.3, 0.4) is 0 Å². The zero-order valence-corrected chi connectivity index (χ0v) is 9.27. The van der Waals surface area contributed by atoms with Gasteiger partial charge in [-0.1, -0.05) is 12.1 Å². The minimum absolute atomic E-state index is 0.0469. The van der Waals surface area contributed by atoms with Crippen LogP contribution in [0.1, 0.15) is 17.4 Å². The van der Waals surface area contributed by atoms with E-state index in [1.807, 2.05) is 0 Å². The average molecular weight is 235 g/mol. The Kier molecular flexibility index (Phi) is 3.90. The molecule has 0 fully saturated rings. The third-order valence-electron chi connectivity index (χ3n) is 2.54. The smallest absolute Gasteiger partial charge is 0.123 e. The Bertz CT molecular complexity index is 439. The van der Waals surface area contributed by atoms with E-state index in [-0.39, 0.29) is 18.5 Å². The first kappa shape index (κ1) is 11.8. The molecule has 0 aliphatic rings. The maximum Gasteiger partial charge on any atom is 0.123 e. The topological polar surface area (TPSA) is 45.4 Å². The van der Waals surface area contributed by atoms with E-state index in [1.54, 1.807) is 30.5 Å². The summed E-state index contributed by atoms with van der Waals surface area (Å²) >= 11 is 0. The zero-order valence-electron chi connectivity index (χ0n) is 9.27. The first-order valence-corrected chi connectivity index (χ1v) is 5.41. The minimum atomic E-state index is -0.251. The van der Waals surface area contributed by atoms with Crippen molar-refractivity contribution >= 4 is 0 Å². The second-order valence-electron chi connectivity index (χ2n) is 3.76. The first-order chi connectivity index (χ1) is 8.29. The molecule has 0 spiro atoms. The largest absolute Gasteiger partial charge is 0.468 e. The summed E-state index contributed by atoms with van der Waals surface area (Å²) in [6, 6.07) is 9.58. The monoisotopic (exact) mass is 235 g/mol. The van der Waals surface area contributed by atoms with Gasteiger partial charge in [0.1, 0.15) is 11.6 Å². The van der Waals surface area contributed by atoms with Gasteiger partial charge in [0.05, 0.1) is 18.9 Å². The molecule has 4 heteroatoms. The predicted molar refractivity (Wildman–Crippen MR) is 61.8 cm³/mol. The summed E-state index contributed by atoms with van der Waals surface area (Å²) in [5.41, 5.74) is 0.955. The minimum Gasteiger partial charge on any atom is -0.468 e. The number of benzene rings is 1. The molecule has 0 amide bonds. The molecule has 2 aromatic rings. The van der Waals surface area contributed by atoms with Crippen LogP contribution in [-0.2, 0) is 6.54 Å². The summed E-state index contributed by atoms with van der Waals surface area (Å²) in [4.78, 5) is 0. The molecular weight excluding hydrogens is 221 g/mol. The lowest BCUT2D eigenvalue weighted by molar-refractivity contribution is 0.225. The van der Waals surface area contributed by atoms with Gasteiger partial charge in [0.25, 0.3) is 0 Å². The van der Waals surface area contributed by atoms with Crippen LogP contribution in [-0.4, -0.2) is 11.7 Å². The van der Waals surface area contributed by atoms with E-state index >= 15 is 0 Å². The van der Waals surface area contributed by atoms with E-state index in [2.05, 4.69) is 5.32 Å². The van der Waals surface area contributed by atoms with Crippen molar-refractivity contribution in [2.45, 2.75) is 12.6 Å². The van der Waals surface area contributed by atoms with Crippen LogP contribution in [0.2, 0.25) is 0 Å². The van der Waals surface area contributed by atoms with Crippen molar-refractivity contribution in [2.75, 3.05) is 6.61 Å². The molecule has 0 bridgehead atoms. The number of halogens is 1. The number of aliphatic hydroxyl groups is 1. The van der Waals surface area contributed by atoms with E-state index in [1.165, 1.54) is 12.1 Å². The molecule has 2 N–H and O–H groups in total. The molecule has 0 aliphatic heterocycles. The fraction of sp³-hybridized carbons (Fsp3) is 0.231. The van der Waals surface area contributed by atoms with E-state index < -0.39 is 0 Å². The van der Waals surface area contributed by atoms with Crippen molar-refractivity contribution in [2.24, 2.45) is 0 Å². The highest BCUT2D eigenvalue weighted by Gasteiger charge is 2.11. The van der Waals surface area contributed by atoms with Gasteiger partial charge in [0.15, 0.2) is 0 Å². The highest BCUT2D eigenvalue weighted by molar-refractivity contribution is 5.16. The SMILES string of the molecule is OCC(NCc1ccc(F)cc1)c1ccco1. The lowest BCUT2D eigenvalue weighted by Gasteiger charge is -2.13. The Balaban J connectivity index is 1.94. The Labute approximate surface area is 98.9 Å². The number of furan rings is 1. The highest BCUT2D eigenvalue weighted by atomic mass is 19.1. The molecule has 1 unspecified atom stereocenters. The Morgan fingerprint density at radius 2 is 2.00 bits per heavy atom. The molecule has 1 heterocycles. The molecular formula is C13H14FNO2. The molecule has 17 heavy (non-hydrogen) atoms. The third-order valence-corrected chi connectivity index (χ3v) is 2.54. The van der Waals surface area contributed by atoms with Gasteiger partial charge in [-0.25, -0.2) is 4.39 Å². The fourth-order valence-electron chi connectivity index (χ4n) is 1.59. The first-order valence-electron chi connectivity index (χ1n) is 5.41. The van der Waals surface area contributed by atoms with Crippen molar-refractivity contribution in [3.05, 3.63) is 59.8 Å². The highest BCUT2D eigenvalue weighted by Crippen LogP contribution is 2.13. The number of aliphatic hydroxyl groups excluding tert-OH is 1. The van der Waals surface area contributed by atoms with Gasteiger partial charge >= 0.3 is 0 Å². The van der Waals surface area contributed by atoms with Gasteiger partial charge in [-0.15, -0.1) is 0 Å². The molecule has 3 nitrogen and oxygen atoms in total. The van der Waals surface area contributed by atoms with Gasteiger partial charge in [-0.3, -0.25) is 0 Å². The molecule has 2 rings (SSSR count). The molecule has 0 saturated heterocycles. The number of nitrogens with one attached hydrogen (secondary N) is 1. The van der Waals surface area contributed by atoms with Crippen molar-refractivity contribution < 1.29 is 13.9 Å². The Morgan fingerprint density at radius 1 is 1.24 bits per heavy atom. The van der Waals surface area contributed by atoms with Crippen LogP contribution in [0.15, 0.2) is 47.1 Å². The average Bonchev–Trinajstić information content (AvgIpc) is 2.86. The van der Waals surface area contributed by atoms with Gasteiger partial charge in [0, 0.05) is 6.54 Å². The number of rotatable bonds is 5. The summed E-state index contributed by atoms with van der Waals surface area (Å²) < 4.78 is 17.9. The standard InChI is InChI=1S/C13H14FNO2/c14-11-5-3-10(4-6-11)8-15-12(9-16)13-2-1-7-17-13/h1-7,12,15-16H,8-9H2. The molecule has 1 aromatic carbocycles. The number of hydrogen-bond donors (Lipinski definition) is 2. The van der Waals surface area contributed by atoms with E-state index in [0.29, 0.717) is 12.3 Å². The number of hydrogen-bond acceptors (Lipinski definition) is 3. The van der Waals surface area contributed by atoms with Crippen molar-refractivity contribution in [1.82, 2.24) is 5.32 Å². The summed E-state index contributed by atoms with van der Waals surface area (Å²) in [7, 11) is 0. The third kappa shape index (κ3) is 3.15.